The van der Waals surface area contributed by atoms with Crippen LogP contribution in [-0.2, 0) is 36.7 Å². The van der Waals surface area contributed by atoms with Gasteiger partial charge in [-0.1, -0.05) is 11.3 Å². The van der Waals surface area contributed by atoms with Crippen LogP contribution < -0.4 is 11.5 Å². The van der Waals surface area contributed by atoms with E-state index in [0.29, 0.717) is 16.7 Å². The number of hydrogen-bond acceptors (Lipinski definition) is 15. The van der Waals surface area contributed by atoms with Crippen molar-refractivity contribution in [2.45, 2.75) is 49.7 Å². The second kappa shape index (κ2) is 10.9. The number of phosphoric ester groups is 2. The van der Waals surface area contributed by atoms with Crippen molar-refractivity contribution in [2.24, 2.45) is 5.73 Å². The van der Waals surface area contributed by atoms with E-state index in [0.717, 1.165) is 0 Å². The van der Waals surface area contributed by atoms with Gasteiger partial charge in [0.25, 0.3) is 5.91 Å². The van der Waals surface area contributed by atoms with Gasteiger partial charge in [-0.2, -0.15) is 0 Å². The van der Waals surface area contributed by atoms with Crippen molar-refractivity contribution < 1.29 is 51.3 Å². The third-order valence-corrected chi connectivity index (χ3v) is 9.47. The number of primary amides is 1. The molecule has 0 radical (unpaired) electrons. The number of carbonyl (C=O) groups excluding carboxylic acids is 1. The van der Waals surface area contributed by atoms with Crippen LogP contribution >= 0.6 is 15.6 Å². The van der Waals surface area contributed by atoms with Crippen LogP contribution in [0.3, 0.4) is 0 Å². The molecule has 1 aromatic carbocycles. The number of fused-ring (bicyclic) bond motifs is 4. The number of nitrogens with zero attached hydrogens (tertiary/aromatic N) is 7. The molecule has 2 unspecified atom stereocenters. The van der Waals surface area contributed by atoms with E-state index < -0.39 is 71.6 Å². The molecule has 234 valence electrons. The van der Waals surface area contributed by atoms with Gasteiger partial charge in [0, 0.05) is 12.8 Å². The Morgan fingerprint density at radius 2 is 1.57 bits per heavy atom. The van der Waals surface area contributed by atoms with Crippen LogP contribution in [0.25, 0.3) is 22.2 Å². The lowest BCUT2D eigenvalue weighted by Gasteiger charge is -2.26. The molecule has 3 aromatic heterocycles. The van der Waals surface area contributed by atoms with E-state index in [1.54, 1.807) is 12.1 Å². The molecule has 3 saturated heterocycles. The number of carbonyl (C=O) groups is 1. The minimum atomic E-state index is -4.75. The maximum atomic E-state index is 13.1. The lowest BCUT2D eigenvalue weighted by molar-refractivity contribution is -0.0676. The number of benzene rings is 1. The predicted molar refractivity (Wildman–Crippen MR) is 144 cm³/mol. The fourth-order valence-electron chi connectivity index (χ4n) is 5.44. The lowest BCUT2D eigenvalue weighted by atomic mass is 10.1. The Kier molecular flexibility index (Phi) is 7.25. The Labute approximate surface area is 246 Å². The SMILES string of the molecule is NC(=O)c1cccc2c1nnn2[C@H]1C[C@@H]2OP(=O)(O)OC[C@H]3O[C@@H](n4cnc5c(N)ncnc54)C[C@@H]3OP(=O)(O)OC[C@H]2O1. The van der Waals surface area contributed by atoms with Gasteiger partial charge in [-0.05, 0) is 12.1 Å². The normalized spacial score (nSPS) is 34.8. The fourth-order valence-corrected chi connectivity index (χ4v) is 7.36. The first-order chi connectivity index (χ1) is 21.0. The van der Waals surface area contributed by atoms with Crippen LogP contribution in [0.15, 0.2) is 30.9 Å². The Morgan fingerprint density at radius 3 is 2.25 bits per heavy atom. The molecule has 3 aliphatic heterocycles. The van der Waals surface area contributed by atoms with Gasteiger partial charge in [-0.3, -0.25) is 27.5 Å². The molecule has 7 rings (SSSR count). The zero-order chi connectivity index (χ0) is 30.8. The molecular formula is C22H25N9O11P2. The Morgan fingerprint density at radius 1 is 0.909 bits per heavy atom. The molecular weight excluding hydrogens is 628 g/mol. The smallest absolute Gasteiger partial charge is 0.382 e. The predicted octanol–water partition coefficient (Wildman–Crippen LogP) is 0.545. The fraction of sp³-hybridized carbons (Fsp3) is 0.455. The number of anilines is 1. The number of aromatic nitrogens is 7. The van der Waals surface area contributed by atoms with Crippen LogP contribution in [0.2, 0.25) is 0 Å². The summed E-state index contributed by atoms with van der Waals surface area (Å²) in [6.07, 6.45) is -3.71. The number of amides is 1. The van der Waals surface area contributed by atoms with Crippen molar-refractivity contribution in [3.05, 3.63) is 36.4 Å². The van der Waals surface area contributed by atoms with Gasteiger partial charge < -0.3 is 30.7 Å². The van der Waals surface area contributed by atoms with Crippen LogP contribution in [-0.4, -0.2) is 87.8 Å². The van der Waals surface area contributed by atoms with Crippen molar-refractivity contribution in [1.82, 2.24) is 34.5 Å². The zero-order valence-corrected chi connectivity index (χ0v) is 24.2. The van der Waals surface area contributed by atoms with E-state index in [2.05, 4.69) is 25.3 Å². The van der Waals surface area contributed by atoms with Gasteiger partial charge in [0.2, 0.25) is 0 Å². The number of phosphoric acid groups is 2. The highest BCUT2D eigenvalue weighted by Gasteiger charge is 2.48. The average Bonchev–Trinajstić information content (AvgIpc) is 3.75. The molecule has 0 spiro atoms. The maximum Gasteiger partial charge on any atom is 0.472 e. The second-order valence-corrected chi connectivity index (χ2v) is 13.0. The summed E-state index contributed by atoms with van der Waals surface area (Å²) in [4.78, 5) is 45.3. The number of ether oxygens (including phenoxy) is 2. The van der Waals surface area contributed by atoms with Gasteiger partial charge in [0.05, 0.1) is 30.6 Å². The Balaban J connectivity index is 1.12. The standard InChI is InChI=1S/C22H25N9O11P2/c23-20-19-22(26-8-25-20)30(9-27-19)16-4-12-14(39-16)6-37-44(35,36)42-13-5-17(40-15(13)7-38-43(33,34)41-12)31-11-3-1-2-10(21(24)32)18(11)28-29-31/h1-3,8-9,12-17H,4-7H2,(H2,24,32)(H,33,34)(H,35,36)(H2,23,25,26)/t12-,13-,14+,15+,16+,17+/m0/s1. The van der Waals surface area contributed by atoms with E-state index in [1.165, 1.54) is 28.0 Å². The van der Waals surface area contributed by atoms with E-state index in [4.69, 9.17) is 39.0 Å². The van der Waals surface area contributed by atoms with Crippen molar-refractivity contribution in [1.29, 1.82) is 0 Å². The zero-order valence-electron chi connectivity index (χ0n) is 22.4. The van der Waals surface area contributed by atoms with Crippen LogP contribution in [0.5, 0.6) is 0 Å². The highest BCUT2D eigenvalue weighted by molar-refractivity contribution is 7.47. The molecule has 4 aromatic rings. The summed E-state index contributed by atoms with van der Waals surface area (Å²) in [5.41, 5.74) is 12.7. The lowest BCUT2D eigenvalue weighted by Crippen LogP contribution is -2.32. The van der Waals surface area contributed by atoms with Crippen molar-refractivity contribution >= 4 is 49.6 Å². The van der Waals surface area contributed by atoms with E-state index in [9.17, 15) is 23.7 Å². The minimum absolute atomic E-state index is 0.00875. The third-order valence-electron chi connectivity index (χ3n) is 7.44. The number of hydrogen-bond donors (Lipinski definition) is 4. The first-order valence-electron chi connectivity index (χ1n) is 13.2. The van der Waals surface area contributed by atoms with E-state index >= 15 is 0 Å². The molecule has 22 heteroatoms. The van der Waals surface area contributed by atoms with E-state index in [1.807, 2.05) is 0 Å². The average molecular weight is 653 g/mol. The molecule has 0 saturated carbocycles. The number of nitrogens with two attached hydrogens (primary N) is 2. The van der Waals surface area contributed by atoms with Crippen molar-refractivity contribution in [3.8, 4) is 0 Å². The Hall–Kier alpha value is -3.42. The molecule has 0 aliphatic carbocycles. The molecule has 20 nitrogen and oxygen atoms in total. The quantitative estimate of drug-likeness (QED) is 0.220. The first kappa shape index (κ1) is 29.3. The first-order valence-corrected chi connectivity index (χ1v) is 16.2. The topological polar surface area (TPSA) is 273 Å². The van der Waals surface area contributed by atoms with Gasteiger partial charge in [-0.15, -0.1) is 5.10 Å². The maximum absolute atomic E-state index is 13.1. The molecule has 8 atom stereocenters. The van der Waals surface area contributed by atoms with Crippen LogP contribution in [0.1, 0.15) is 35.7 Å². The van der Waals surface area contributed by atoms with Gasteiger partial charge >= 0.3 is 15.6 Å². The number of rotatable bonds is 3. The summed E-state index contributed by atoms with van der Waals surface area (Å²) < 4.78 is 62.4. The molecule has 6 heterocycles. The van der Waals surface area contributed by atoms with Gasteiger partial charge in [0.1, 0.15) is 48.0 Å². The Bertz CT molecular complexity index is 1850. The summed E-state index contributed by atoms with van der Waals surface area (Å²) in [5, 5.41) is 8.07. The third kappa shape index (κ3) is 5.39. The van der Waals surface area contributed by atoms with Gasteiger partial charge in [0.15, 0.2) is 17.7 Å². The molecule has 1 amide bonds. The largest absolute Gasteiger partial charge is 0.472 e. The highest BCUT2D eigenvalue weighted by Crippen LogP contribution is 2.53. The summed E-state index contributed by atoms with van der Waals surface area (Å²) in [5.74, 6) is -0.561. The second-order valence-electron chi connectivity index (χ2n) is 10.2. The minimum Gasteiger partial charge on any atom is -0.382 e. The summed E-state index contributed by atoms with van der Waals surface area (Å²) in [6, 6.07) is 4.70. The molecule has 6 N–H and O–H groups in total. The summed E-state index contributed by atoms with van der Waals surface area (Å²) in [7, 11) is -9.50. The monoisotopic (exact) mass is 653 g/mol. The molecule has 3 fully saturated rings. The molecule has 3 aliphatic rings. The summed E-state index contributed by atoms with van der Waals surface area (Å²) >= 11 is 0. The number of nitrogen functional groups attached to an aromatic ring is 1. The van der Waals surface area contributed by atoms with E-state index in [-0.39, 0.29) is 29.7 Å². The van der Waals surface area contributed by atoms with Crippen molar-refractivity contribution in [2.75, 3.05) is 18.9 Å². The molecule has 44 heavy (non-hydrogen) atoms. The van der Waals surface area contributed by atoms with Crippen LogP contribution in [0.4, 0.5) is 5.82 Å². The van der Waals surface area contributed by atoms with Gasteiger partial charge in [-0.25, -0.2) is 28.8 Å². The van der Waals surface area contributed by atoms with Crippen LogP contribution in [0, 0.1) is 0 Å². The summed E-state index contributed by atoms with van der Waals surface area (Å²) in [6.45, 7) is -1.12. The number of imidazole rings is 1. The molecule has 0 bridgehead atoms. The van der Waals surface area contributed by atoms with Crippen molar-refractivity contribution in [3.63, 3.8) is 0 Å². The highest BCUT2D eigenvalue weighted by atomic mass is 31.2.